The molecule has 0 spiro atoms. The molecule has 2 rings (SSSR count). The molecule has 0 saturated heterocycles. The lowest BCUT2D eigenvalue weighted by molar-refractivity contribution is 0.0597. The predicted molar refractivity (Wildman–Crippen MR) is 88.7 cm³/mol. The fourth-order valence-electron chi connectivity index (χ4n) is 1.89. The average Bonchev–Trinajstić information content (AvgIpc) is 2.56. The predicted octanol–water partition coefficient (Wildman–Crippen LogP) is 4.04. The van der Waals surface area contributed by atoms with Crippen molar-refractivity contribution in [1.29, 1.82) is 0 Å². The monoisotopic (exact) mass is 353 g/mol. The van der Waals surface area contributed by atoms with Gasteiger partial charge in [0, 0.05) is 17.3 Å². The van der Waals surface area contributed by atoms with Crippen molar-refractivity contribution in [3.8, 4) is 5.75 Å². The van der Waals surface area contributed by atoms with Crippen LogP contribution in [0.15, 0.2) is 36.4 Å². The number of benzene rings is 2. The Morgan fingerprint density at radius 2 is 1.74 bits per heavy atom. The molecule has 0 aliphatic carbocycles. The maximum atomic E-state index is 12.2. The molecular formula is C16H13Cl2NO4. The van der Waals surface area contributed by atoms with Crippen LogP contribution in [0.2, 0.25) is 10.0 Å². The largest absolute Gasteiger partial charge is 0.496 e. The van der Waals surface area contributed by atoms with Crippen LogP contribution in [0, 0.1) is 0 Å². The van der Waals surface area contributed by atoms with Crippen molar-refractivity contribution in [1.82, 2.24) is 0 Å². The molecule has 0 radical (unpaired) electrons. The van der Waals surface area contributed by atoms with Gasteiger partial charge in [0.25, 0.3) is 5.91 Å². The Kier molecular flexibility index (Phi) is 5.47. The number of nitrogens with one attached hydrogen (secondary N) is 1. The van der Waals surface area contributed by atoms with E-state index in [2.05, 4.69) is 10.1 Å². The smallest absolute Gasteiger partial charge is 0.341 e. The Hall–Kier alpha value is -2.24. The van der Waals surface area contributed by atoms with Gasteiger partial charge in [-0.1, -0.05) is 23.2 Å². The highest BCUT2D eigenvalue weighted by Crippen LogP contribution is 2.26. The van der Waals surface area contributed by atoms with E-state index in [1.54, 1.807) is 18.2 Å². The first-order valence-electron chi connectivity index (χ1n) is 6.49. The number of anilines is 1. The van der Waals surface area contributed by atoms with Gasteiger partial charge in [-0.05, 0) is 30.3 Å². The van der Waals surface area contributed by atoms with Crippen molar-refractivity contribution in [3.63, 3.8) is 0 Å². The summed E-state index contributed by atoms with van der Waals surface area (Å²) in [7, 11) is 2.70. The summed E-state index contributed by atoms with van der Waals surface area (Å²) < 4.78 is 9.80. The van der Waals surface area contributed by atoms with Crippen LogP contribution in [0.25, 0.3) is 0 Å². The zero-order chi connectivity index (χ0) is 17.0. The van der Waals surface area contributed by atoms with Gasteiger partial charge >= 0.3 is 5.97 Å². The molecule has 1 N–H and O–H groups in total. The maximum Gasteiger partial charge on any atom is 0.341 e. The lowest BCUT2D eigenvalue weighted by Gasteiger charge is -2.10. The van der Waals surface area contributed by atoms with Gasteiger partial charge in [-0.25, -0.2) is 4.79 Å². The third kappa shape index (κ3) is 3.94. The van der Waals surface area contributed by atoms with Crippen LogP contribution in [0.1, 0.15) is 20.7 Å². The number of carbonyl (C=O) groups excluding carboxylic acids is 2. The zero-order valence-electron chi connectivity index (χ0n) is 12.4. The fourth-order valence-corrected chi connectivity index (χ4v) is 2.19. The Bertz CT molecular complexity index is 762. The second-order valence-electron chi connectivity index (χ2n) is 4.49. The lowest BCUT2D eigenvalue weighted by atomic mass is 10.1. The molecule has 1 amide bonds. The third-order valence-corrected chi connectivity index (χ3v) is 3.79. The van der Waals surface area contributed by atoms with Crippen LogP contribution in [0.4, 0.5) is 5.69 Å². The van der Waals surface area contributed by atoms with E-state index < -0.39 is 5.97 Å². The molecule has 0 unspecified atom stereocenters. The third-order valence-electron chi connectivity index (χ3n) is 3.05. The molecule has 0 aromatic heterocycles. The van der Waals surface area contributed by atoms with E-state index in [9.17, 15) is 9.59 Å². The molecule has 0 aliphatic heterocycles. The standard InChI is InChI=1S/C16H13Cl2NO4/c1-22-14-8-10(4-5-11(14)16(21)23-2)19-15(20)9-3-6-12(17)13(18)7-9/h3-8H,1-2H3,(H,19,20). The lowest BCUT2D eigenvalue weighted by Crippen LogP contribution is -2.12. The highest BCUT2D eigenvalue weighted by atomic mass is 35.5. The molecule has 7 heteroatoms. The Balaban J connectivity index is 2.24. The Morgan fingerprint density at radius 3 is 2.35 bits per heavy atom. The Morgan fingerprint density at radius 1 is 1.00 bits per heavy atom. The number of methoxy groups -OCH3 is 2. The summed E-state index contributed by atoms with van der Waals surface area (Å²) in [4.78, 5) is 23.8. The van der Waals surface area contributed by atoms with Crippen molar-refractivity contribution in [2.45, 2.75) is 0 Å². The number of esters is 1. The fraction of sp³-hybridized carbons (Fsp3) is 0.125. The molecule has 0 fully saturated rings. The number of ether oxygens (including phenoxy) is 2. The number of carbonyl (C=O) groups is 2. The van der Waals surface area contributed by atoms with Crippen LogP contribution >= 0.6 is 23.2 Å². The first kappa shape index (κ1) is 17.1. The van der Waals surface area contributed by atoms with E-state index in [-0.39, 0.29) is 16.5 Å². The van der Waals surface area contributed by atoms with Gasteiger partial charge in [-0.3, -0.25) is 4.79 Å². The van der Waals surface area contributed by atoms with Crippen LogP contribution < -0.4 is 10.1 Å². The second kappa shape index (κ2) is 7.35. The van der Waals surface area contributed by atoms with Crippen molar-refractivity contribution in [3.05, 3.63) is 57.6 Å². The summed E-state index contributed by atoms with van der Waals surface area (Å²) in [5.41, 5.74) is 1.09. The maximum absolute atomic E-state index is 12.2. The van der Waals surface area contributed by atoms with Gasteiger partial charge in [0.1, 0.15) is 11.3 Å². The van der Waals surface area contributed by atoms with Crippen LogP contribution in [-0.2, 0) is 4.74 Å². The molecule has 0 aliphatic rings. The van der Waals surface area contributed by atoms with Gasteiger partial charge in [0.15, 0.2) is 0 Å². The minimum Gasteiger partial charge on any atom is -0.496 e. The van der Waals surface area contributed by atoms with Crippen molar-refractivity contribution in [2.24, 2.45) is 0 Å². The highest BCUT2D eigenvalue weighted by Gasteiger charge is 2.15. The van der Waals surface area contributed by atoms with E-state index in [1.165, 1.54) is 32.4 Å². The van der Waals surface area contributed by atoms with Crippen LogP contribution in [0.3, 0.4) is 0 Å². The molecule has 0 heterocycles. The zero-order valence-corrected chi connectivity index (χ0v) is 13.9. The van der Waals surface area contributed by atoms with Crippen molar-refractivity contribution < 1.29 is 19.1 Å². The molecule has 5 nitrogen and oxygen atoms in total. The number of hydrogen-bond donors (Lipinski definition) is 1. The Labute approximate surface area is 143 Å². The van der Waals surface area contributed by atoms with E-state index >= 15 is 0 Å². The van der Waals surface area contributed by atoms with E-state index in [0.717, 1.165) is 0 Å². The van der Waals surface area contributed by atoms with Gasteiger partial charge in [0.05, 0.1) is 24.3 Å². The summed E-state index contributed by atoms with van der Waals surface area (Å²) >= 11 is 11.7. The quantitative estimate of drug-likeness (QED) is 0.842. The van der Waals surface area contributed by atoms with Crippen LogP contribution in [-0.4, -0.2) is 26.1 Å². The van der Waals surface area contributed by atoms with Gasteiger partial charge in [-0.2, -0.15) is 0 Å². The minimum atomic E-state index is -0.524. The van der Waals surface area contributed by atoms with Gasteiger partial charge in [0.2, 0.25) is 0 Å². The summed E-state index contributed by atoms with van der Waals surface area (Å²) in [6, 6.07) is 9.18. The molecule has 0 bridgehead atoms. The van der Waals surface area contributed by atoms with E-state index in [4.69, 9.17) is 27.9 Å². The van der Waals surface area contributed by atoms with Gasteiger partial charge < -0.3 is 14.8 Å². The SMILES string of the molecule is COC(=O)c1ccc(NC(=O)c2ccc(Cl)c(Cl)c2)cc1OC. The first-order valence-corrected chi connectivity index (χ1v) is 7.24. The molecule has 2 aromatic carbocycles. The average molecular weight is 354 g/mol. The number of amides is 1. The summed E-state index contributed by atoms with van der Waals surface area (Å²) in [6.45, 7) is 0. The van der Waals surface area contributed by atoms with Crippen molar-refractivity contribution in [2.75, 3.05) is 19.5 Å². The number of rotatable bonds is 4. The topological polar surface area (TPSA) is 64.6 Å². The molecule has 0 saturated carbocycles. The van der Waals surface area contributed by atoms with Crippen LogP contribution in [0.5, 0.6) is 5.75 Å². The summed E-state index contributed by atoms with van der Waals surface area (Å²) in [5.74, 6) is -0.593. The summed E-state index contributed by atoms with van der Waals surface area (Å²) in [5, 5.41) is 3.35. The highest BCUT2D eigenvalue weighted by molar-refractivity contribution is 6.42. The normalized spacial score (nSPS) is 10.1. The molecule has 120 valence electrons. The van der Waals surface area contributed by atoms with E-state index in [1.807, 2.05) is 0 Å². The molecular weight excluding hydrogens is 341 g/mol. The summed E-state index contributed by atoms with van der Waals surface area (Å²) in [6.07, 6.45) is 0. The molecule has 23 heavy (non-hydrogen) atoms. The second-order valence-corrected chi connectivity index (χ2v) is 5.30. The van der Waals surface area contributed by atoms with Crippen molar-refractivity contribution >= 4 is 40.8 Å². The minimum absolute atomic E-state index is 0.266. The first-order chi connectivity index (χ1) is 11.0. The molecule has 2 aromatic rings. The van der Waals surface area contributed by atoms with E-state index in [0.29, 0.717) is 22.0 Å². The number of halogens is 2. The number of hydrogen-bond acceptors (Lipinski definition) is 4. The molecule has 0 atom stereocenters. The van der Waals surface area contributed by atoms with Gasteiger partial charge in [-0.15, -0.1) is 0 Å².